The third kappa shape index (κ3) is 5.01. The van der Waals surface area contributed by atoms with Crippen molar-refractivity contribution < 1.29 is 14.3 Å². The minimum absolute atomic E-state index is 0. The zero-order valence-corrected chi connectivity index (χ0v) is 25.4. The molecule has 2 aliphatic rings. The van der Waals surface area contributed by atoms with Gasteiger partial charge in [0.2, 0.25) is 0 Å². The molecule has 10 heteroatoms. The maximum Gasteiger partial charge on any atom is 0.136 e. The number of hydrogen-bond donors (Lipinski definition) is 1. The molecule has 6 rings (SSSR count). The molecule has 0 saturated carbocycles. The maximum absolute atomic E-state index is 12.3. The molecule has 38 heavy (non-hydrogen) atoms. The van der Waals surface area contributed by atoms with E-state index in [1.54, 1.807) is 13.3 Å². The van der Waals surface area contributed by atoms with E-state index >= 15 is 0 Å². The summed E-state index contributed by atoms with van der Waals surface area (Å²) in [5.74, 6) is 1.28. The van der Waals surface area contributed by atoms with Crippen molar-refractivity contribution in [1.29, 1.82) is 0 Å². The number of nitrogens with zero attached hydrogens (tertiary/aromatic N) is 3. The molecule has 1 N–H and O–H groups in total. The Hall–Kier alpha value is -2.33. The molecule has 0 spiro atoms. The predicted molar refractivity (Wildman–Crippen MR) is 160 cm³/mol. The van der Waals surface area contributed by atoms with Gasteiger partial charge in [0.05, 0.1) is 19.2 Å². The van der Waals surface area contributed by atoms with Gasteiger partial charge in [-0.05, 0) is 54.8 Å². The molecule has 1 saturated heterocycles. The van der Waals surface area contributed by atoms with E-state index in [4.69, 9.17) is 21.1 Å². The molecule has 1 fully saturated rings. The van der Waals surface area contributed by atoms with Gasteiger partial charge in [0, 0.05) is 47.4 Å². The summed E-state index contributed by atoms with van der Waals surface area (Å²) in [7, 11) is 1.65. The normalized spacial score (nSPS) is 20.4. The quantitative estimate of drug-likeness (QED) is 0.230. The standard InChI is InChI=1S/C28H29ClN4O3.2BrH/c1-3-32-9-8-20(32)14-33-15-24(22-6-4-17(12-25(22)33)23-13-30-31-28(23)29)27-19(16-34)10-18-11-21(35-2)5-7-26(18)36-27;;/h4-7,11-13,15-16,19-20,27H,3,8-10,14H2,1-2H3,(H,30,31);2*1H/t19?,20-,27+;;/m1../s1. The second kappa shape index (κ2) is 11.8. The van der Waals surface area contributed by atoms with E-state index in [2.05, 4.69) is 51.0 Å². The van der Waals surface area contributed by atoms with Crippen LogP contribution in [0.4, 0.5) is 0 Å². The first-order chi connectivity index (χ1) is 17.6. The maximum atomic E-state index is 12.3. The molecule has 4 heterocycles. The molecule has 4 aromatic rings. The lowest BCUT2D eigenvalue weighted by Crippen LogP contribution is -2.49. The molecule has 0 bridgehead atoms. The van der Waals surface area contributed by atoms with Crippen LogP contribution in [0.15, 0.2) is 48.8 Å². The Kier molecular flexibility index (Phi) is 8.92. The smallest absolute Gasteiger partial charge is 0.136 e. The molecule has 0 aliphatic carbocycles. The highest BCUT2D eigenvalue weighted by atomic mass is 79.9. The Bertz CT molecular complexity index is 1440. The Morgan fingerprint density at radius 2 is 2.08 bits per heavy atom. The summed E-state index contributed by atoms with van der Waals surface area (Å²) >= 11 is 6.35. The first-order valence-corrected chi connectivity index (χ1v) is 12.8. The van der Waals surface area contributed by atoms with Crippen molar-refractivity contribution in [1.82, 2.24) is 19.7 Å². The second-order valence-electron chi connectivity index (χ2n) is 9.65. The van der Waals surface area contributed by atoms with Gasteiger partial charge in [-0.1, -0.05) is 30.7 Å². The number of halogens is 3. The van der Waals surface area contributed by atoms with E-state index < -0.39 is 0 Å². The van der Waals surface area contributed by atoms with Crippen molar-refractivity contribution in [2.24, 2.45) is 5.92 Å². The van der Waals surface area contributed by atoms with Gasteiger partial charge in [-0.2, -0.15) is 5.10 Å². The summed E-state index contributed by atoms with van der Waals surface area (Å²) < 4.78 is 14.2. The van der Waals surface area contributed by atoms with Gasteiger partial charge in [-0.15, -0.1) is 34.0 Å². The van der Waals surface area contributed by atoms with Crippen LogP contribution in [0.25, 0.3) is 22.0 Å². The minimum atomic E-state index is -0.362. The monoisotopic (exact) mass is 664 g/mol. The summed E-state index contributed by atoms with van der Waals surface area (Å²) in [5, 5.41) is 8.52. The molecule has 2 aliphatic heterocycles. The number of carbonyl (C=O) groups excluding carboxylic acids is 1. The summed E-state index contributed by atoms with van der Waals surface area (Å²) in [5.41, 5.74) is 5.01. The van der Waals surface area contributed by atoms with Gasteiger partial charge in [-0.25, -0.2) is 0 Å². The number of H-pyrrole nitrogens is 1. The topological polar surface area (TPSA) is 72.4 Å². The molecule has 2 aromatic heterocycles. The number of aromatic amines is 1. The number of carbonyl (C=O) groups is 1. The van der Waals surface area contributed by atoms with Gasteiger partial charge in [0.15, 0.2) is 0 Å². The molecule has 0 amide bonds. The van der Waals surface area contributed by atoms with E-state index in [9.17, 15) is 4.79 Å². The summed E-state index contributed by atoms with van der Waals surface area (Å²) in [6.07, 6.45) is 6.40. The van der Waals surface area contributed by atoms with Crippen molar-refractivity contribution in [2.75, 3.05) is 20.2 Å². The van der Waals surface area contributed by atoms with E-state index in [-0.39, 0.29) is 46.0 Å². The Labute approximate surface area is 248 Å². The summed E-state index contributed by atoms with van der Waals surface area (Å²) in [6, 6.07) is 12.6. The molecule has 1 unspecified atom stereocenters. The van der Waals surface area contributed by atoms with Crippen LogP contribution < -0.4 is 9.47 Å². The third-order valence-corrected chi connectivity index (χ3v) is 8.03. The lowest BCUT2D eigenvalue weighted by molar-refractivity contribution is -0.114. The van der Waals surface area contributed by atoms with Crippen LogP contribution in [-0.4, -0.2) is 52.2 Å². The van der Waals surface area contributed by atoms with Crippen molar-refractivity contribution in [3.8, 4) is 22.6 Å². The number of hydrogen-bond acceptors (Lipinski definition) is 5. The SMILES string of the molecule is Br.Br.CCN1CC[C@@H]1Cn1cc([C@H]2Oc3ccc(OC)cc3CC2C=O)c2ccc(-c3cn[nH]c3Cl)cc21. The largest absolute Gasteiger partial charge is 0.497 e. The summed E-state index contributed by atoms with van der Waals surface area (Å²) in [6.45, 7) is 5.29. The van der Waals surface area contributed by atoms with Gasteiger partial charge < -0.3 is 18.8 Å². The Morgan fingerprint density at radius 3 is 2.74 bits per heavy atom. The summed E-state index contributed by atoms with van der Waals surface area (Å²) in [4.78, 5) is 14.8. The fourth-order valence-corrected chi connectivity index (χ4v) is 5.84. The van der Waals surface area contributed by atoms with Crippen LogP contribution in [0.2, 0.25) is 5.15 Å². The molecular weight excluding hydrogens is 636 g/mol. The fourth-order valence-electron chi connectivity index (χ4n) is 5.64. The van der Waals surface area contributed by atoms with Gasteiger partial charge in [-0.3, -0.25) is 10.00 Å². The molecule has 202 valence electrons. The Morgan fingerprint density at radius 1 is 1.24 bits per heavy atom. The average Bonchev–Trinajstić information content (AvgIpc) is 3.48. The lowest BCUT2D eigenvalue weighted by Gasteiger charge is -2.40. The number of likely N-dealkylation sites (tertiary alicyclic amines) is 1. The zero-order chi connectivity index (χ0) is 24.8. The van der Waals surface area contributed by atoms with Crippen molar-refractivity contribution >= 4 is 62.8 Å². The molecule has 2 aromatic carbocycles. The highest BCUT2D eigenvalue weighted by Crippen LogP contribution is 2.43. The number of benzene rings is 2. The number of fused-ring (bicyclic) bond motifs is 2. The first-order valence-electron chi connectivity index (χ1n) is 12.4. The van der Waals surface area contributed by atoms with Crippen LogP contribution in [-0.2, 0) is 17.8 Å². The first kappa shape index (κ1) is 28.7. The van der Waals surface area contributed by atoms with Gasteiger partial charge in [0.25, 0.3) is 0 Å². The fraction of sp³-hybridized carbons (Fsp3) is 0.357. The number of aromatic nitrogens is 3. The second-order valence-corrected chi connectivity index (χ2v) is 10.0. The van der Waals surface area contributed by atoms with Crippen LogP contribution in [0.1, 0.15) is 30.6 Å². The van der Waals surface area contributed by atoms with E-state index in [1.165, 1.54) is 6.42 Å². The van der Waals surface area contributed by atoms with Crippen LogP contribution in [0, 0.1) is 5.92 Å². The number of methoxy groups -OCH3 is 1. The Balaban J connectivity index is 0.00000168. The average molecular weight is 667 g/mol. The van der Waals surface area contributed by atoms with E-state index in [0.717, 1.165) is 70.6 Å². The molecule has 0 radical (unpaired) electrons. The third-order valence-electron chi connectivity index (χ3n) is 7.74. The highest BCUT2D eigenvalue weighted by Gasteiger charge is 2.34. The molecular formula is C28H31Br2ClN4O3. The van der Waals surface area contributed by atoms with Crippen molar-refractivity contribution in [2.45, 2.75) is 38.5 Å². The number of rotatable bonds is 7. The molecule has 3 atom stereocenters. The van der Waals surface area contributed by atoms with Crippen molar-refractivity contribution in [3.05, 3.63) is 65.1 Å². The molecule has 7 nitrogen and oxygen atoms in total. The zero-order valence-electron chi connectivity index (χ0n) is 21.2. The predicted octanol–water partition coefficient (Wildman–Crippen LogP) is 6.43. The lowest BCUT2D eigenvalue weighted by atomic mass is 9.87. The van der Waals surface area contributed by atoms with E-state index in [0.29, 0.717) is 17.6 Å². The van der Waals surface area contributed by atoms with Gasteiger partial charge in [0.1, 0.15) is 29.0 Å². The van der Waals surface area contributed by atoms with E-state index in [1.807, 2.05) is 18.2 Å². The highest BCUT2D eigenvalue weighted by molar-refractivity contribution is 8.93. The van der Waals surface area contributed by atoms with Crippen LogP contribution in [0.3, 0.4) is 0 Å². The number of nitrogens with one attached hydrogen (secondary N) is 1. The van der Waals surface area contributed by atoms with Crippen molar-refractivity contribution in [3.63, 3.8) is 0 Å². The minimum Gasteiger partial charge on any atom is -0.497 e. The van der Waals surface area contributed by atoms with Crippen LogP contribution >= 0.6 is 45.6 Å². The number of likely N-dealkylation sites (N-methyl/N-ethyl adjacent to an activating group) is 1. The van der Waals surface area contributed by atoms with Gasteiger partial charge >= 0.3 is 0 Å². The number of ether oxygens (including phenoxy) is 2. The number of aldehydes is 1. The van der Waals surface area contributed by atoms with Crippen LogP contribution in [0.5, 0.6) is 11.5 Å².